The van der Waals surface area contributed by atoms with Gasteiger partial charge in [0.15, 0.2) is 0 Å². The number of hydrogen-bond acceptors (Lipinski definition) is 6. The molecule has 1 aromatic heterocycles. The van der Waals surface area contributed by atoms with Crippen molar-refractivity contribution in [3.8, 4) is 5.75 Å². The number of allylic oxidation sites excluding steroid dienone is 2. The van der Waals surface area contributed by atoms with Crippen molar-refractivity contribution in [1.29, 1.82) is 0 Å². The Balaban J connectivity index is 1.51. The van der Waals surface area contributed by atoms with E-state index in [1.807, 2.05) is 73.0 Å². The molecule has 0 bridgehead atoms. The molecule has 1 atom stereocenters. The second kappa shape index (κ2) is 14.9. The van der Waals surface area contributed by atoms with E-state index >= 15 is 0 Å². The highest BCUT2D eigenvalue weighted by molar-refractivity contribution is 7.09. The van der Waals surface area contributed by atoms with E-state index in [0.29, 0.717) is 36.5 Å². The van der Waals surface area contributed by atoms with Crippen LogP contribution in [-0.4, -0.2) is 23.5 Å². The Morgan fingerprint density at radius 3 is 2.38 bits per heavy atom. The Bertz CT molecular complexity index is 1540. The van der Waals surface area contributed by atoms with Crippen LogP contribution < -0.4 is 10.1 Å². The summed E-state index contributed by atoms with van der Waals surface area (Å²) in [6.45, 7) is 6.15. The first-order chi connectivity index (χ1) is 20.3. The third-order valence-corrected chi connectivity index (χ3v) is 7.25. The summed E-state index contributed by atoms with van der Waals surface area (Å²) in [6, 6.07) is 22.7. The molecule has 0 aliphatic carbocycles. The van der Waals surface area contributed by atoms with E-state index in [1.54, 1.807) is 19.9 Å². The van der Waals surface area contributed by atoms with Crippen LogP contribution >= 0.6 is 11.3 Å². The van der Waals surface area contributed by atoms with Crippen molar-refractivity contribution in [1.82, 2.24) is 10.3 Å². The highest BCUT2D eigenvalue weighted by atomic mass is 32.1. The molecule has 3 aromatic carbocycles. The number of rotatable bonds is 12. The lowest BCUT2D eigenvalue weighted by Crippen LogP contribution is -2.30. The predicted octanol–water partition coefficient (Wildman–Crippen LogP) is 7.49. The fourth-order valence-electron chi connectivity index (χ4n) is 4.19. The molecule has 0 unspecified atom stereocenters. The number of halogens is 1. The molecule has 1 N–H and O–H groups in total. The smallest absolute Gasteiger partial charge is 0.333 e. The summed E-state index contributed by atoms with van der Waals surface area (Å²) in [5, 5.41) is 5.70. The van der Waals surface area contributed by atoms with Crippen LogP contribution in [0.25, 0.3) is 6.08 Å². The number of nitrogens with zero attached hydrogens (tertiary/aromatic N) is 1. The van der Waals surface area contributed by atoms with Gasteiger partial charge in [0.1, 0.15) is 23.2 Å². The second-order valence-electron chi connectivity index (χ2n) is 9.70. The Morgan fingerprint density at radius 1 is 0.976 bits per heavy atom. The molecule has 0 fully saturated rings. The maximum absolute atomic E-state index is 13.4. The first-order valence-corrected chi connectivity index (χ1v) is 14.5. The van der Waals surface area contributed by atoms with Gasteiger partial charge in [-0.05, 0) is 92.4 Å². The fraction of sp³-hybridized carbons (Fsp3) is 0.206. The van der Waals surface area contributed by atoms with Crippen molar-refractivity contribution >= 4 is 29.3 Å². The van der Waals surface area contributed by atoms with Gasteiger partial charge in [-0.3, -0.25) is 4.79 Å². The van der Waals surface area contributed by atoms with Gasteiger partial charge in [-0.25, -0.2) is 14.2 Å². The van der Waals surface area contributed by atoms with Gasteiger partial charge in [-0.15, -0.1) is 11.3 Å². The molecule has 6 nitrogen and oxygen atoms in total. The number of amides is 1. The van der Waals surface area contributed by atoms with E-state index in [2.05, 4.69) is 5.32 Å². The lowest BCUT2D eigenvalue weighted by atomic mass is 10.1. The summed E-state index contributed by atoms with van der Waals surface area (Å²) >= 11 is 1.43. The van der Waals surface area contributed by atoms with Gasteiger partial charge < -0.3 is 14.8 Å². The van der Waals surface area contributed by atoms with Crippen molar-refractivity contribution in [2.75, 3.05) is 6.61 Å². The Hall–Kier alpha value is -4.56. The lowest BCUT2D eigenvalue weighted by Gasteiger charge is -2.17. The average molecular weight is 585 g/mol. The molecule has 1 heterocycles. The molecule has 0 saturated heterocycles. The number of carbonyl (C=O) groups excluding carboxylic acids is 2. The van der Waals surface area contributed by atoms with Crippen LogP contribution in [0.1, 0.15) is 59.0 Å². The normalized spacial score (nSPS) is 12.5. The van der Waals surface area contributed by atoms with Crippen LogP contribution in [0.5, 0.6) is 5.75 Å². The van der Waals surface area contributed by atoms with Crippen molar-refractivity contribution in [3.05, 3.63) is 135 Å². The van der Waals surface area contributed by atoms with E-state index in [-0.39, 0.29) is 11.9 Å². The highest BCUT2D eigenvalue weighted by Gasteiger charge is 2.20. The van der Waals surface area contributed by atoms with E-state index in [0.717, 1.165) is 27.5 Å². The summed E-state index contributed by atoms with van der Waals surface area (Å²) in [6.07, 6.45) is 4.12. The molecule has 4 aromatic rings. The number of aromatic nitrogens is 1. The first-order valence-electron chi connectivity index (χ1n) is 13.6. The van der Waals surface area contributed by atoms with E-state index in [4.69, 9.17) is 14.5 Å². The zero-order chi connectivity index (χ0) is 29.9. The second-order valence-corrected chi connectivity index (χ2v) is 10.6. The van der Waals surface area contributed by atoms with Gasteiger partial charge in [-0.1, -0.05) is 42.5 Å². The van der Waals surface area contributed by atoms with E-state index < -0.39 is 11.9 Å². The monoisotopic (exact) mass is 584 g/mol. The standard InChI is InChI=1S/C34H33FN2O4S/c1-4-40-34(39)24(3)18-23(2)19-29-22-42-33(36-29)31(37-32(38)27-12-14-28(35)15-13-27)20-25-10-16-30(17-11-25)41-21-26-8-6-5-7-9-26/h5-19,22,31H,4,20-21H2,1-3H3,(H,37,38)/t31-/m0/s1. The molecular formula is C34H33FN2O4S. The molecule has 0 aliphatic rings. The molecule has 216 valence electrons. The fourth-order valence-corrected chi connectivity index (χ4v) is 5.02. The molecule has 8 heteroatoms. The third-order valence-electron chi connectivity index (χ3n) is 6.28. The van der Waals surface area contributed by atoms with Gasteiger partial charge in [0.05, 0.1) is 18.3 Å². The largest absolute Gasteiger partial charge is 0.489 e. The molecule has 0 saturated carbocycles. The minimum atomic E-state index is -0.428. The number of nitrogens with one attached hydrogen (secondary N) is 1. The number of carbonyl (C=O) groups is 2. The van der Waals surface area contributed by atoms with Crippen molar-refractivity contribution < 1.29 is 23.5 Å². The lowest BCUT2D eigenvalue weighted by molar-refractivity contribution is -0.138. The number of hydrogen-bond donors (Lipinski definition) is 1. The number of esters is 1. The number of ether oxygens (including phenoxy) is 2. The Kier molecular flexibility index (Phi) is 10.8. The van der Waals surface area contributed by atoms with Crippen molar-refractivity contribution in [2.24, 2.45) is 0 Å². The molecule has 0 radical (unpaired) electrons. The van der Waals surface area contributed by atoms with Crippen LogP contribution in [0.3, 0.4) is 0 Å². The van der Waals surface area contributed by atoms with Crippen molar-refractivity contribution in [3.63, 3.8) is 0 Å². The predicted molar refractivity (Wildman–Crippen MR) is 164 cm³/mol. The number of thiazole rings is 1. The number of benzene rings is 3. The minimum absolute atomic E-state index is 0.316. The van der Waals surface area contributed by atoms with Crippen LogP contribution in [0.2, 0.25) is 0 Å². The SMILES string of the molecule is CCOC(=O)C(C)=CC(C)=Cc1csc([C@H](Cc2ccc(OCc3ccccc3)cc2)NC(=O)c2ccc(F)cc2)n1. The van der Waals surface area contributed by atoms with Gasteiger partial charge >= 0.3 is 5.97 Å². The summed E-state index contributed by atoms with van der Waals surface area (Å²) < 4.78 is 24.4. The molecule has 0 spiro atoms. The van der Waals surface area contributed by atoms with E-state index in [1.165, 1.54) is 35.6 Å². The summed E-state index contributed by atoms with van der Waals surface area (Å²) in [4.78, 5) is 29.8. The van der Waals surface area contributed by atoms with Gasteiger partial charge in [-0.2, -0.15) is 0 Å². The van der Waals surface area contributed by atoms with Gasteiger partial charge in [0.2, 0.25) is 0 Å². The van der Waals surface area contributed by atoms with Crippen LogP contribution in [0.15, 0.2) is 101 Å². The molecular weight excluding hydrogens is 551 g/mol. The summed E-state index contributed by atoms with van der Waals surface area (Å²) in [5.74, 6) is -0.335. The molecule has 42 heavy (non-hydrogen) atoms. The van der Waals surface area contributed by atoms with Crippen molar-refractivity contribution in [2.45, 2.75) is 39.8 Å². The maximum atomic E-state index is 13.4. The van der Waals surface area contributed by atoms with E-state index in [9.17, 15) is 14.0 Å². The summed E-state index contributed by atoms with van der Waals surface area (Å²) in [5.41, 5.74) is 4.49. The Labute approximate surface area is 249 Å². The first kappa shape index (κ1) is 30.4. The minimum Gasteiger partial charge on any atom is -0.489 e. The zero-order valence-electron chi connectivity index (χ0n) is 23.8. The summed E-state index contributed by atoms with van der Waals surface area (Å²) in [7, 11) is 0. The molecule has 0 aliphatic heterocycles. The van der Waals surface area contributed by atoms with Crippen LogP contribution in [0.4, 0.5) is 4.39 Å². The van der Waals surface area contributed by atoms with Crippen LogP contribution in [0, 0.1) is 5.82 Å². The highest BCUT2D eigenvalue weighted by Crippen LogP contribution is 2.26. The Morgan fingerprint density at radius 2 is 1.69 bits per heavy atom. The third kappa shape index (κ3) is 8.97. The molecule has 1 amide bonds. The molecule has 4 rings (SSSR count). The zero-order valence-corrected chi connectivity index (χ0v) is 24.6. The quantitative estimate of drug-likeness (QED) is 0.106. The van der Waals surface area contributed by atoms with Gasteiger partial charge in [0, 0.05) is 16.5 Å². The average Bonchev–Trinajstić information content (AvgIpc) is 3.45. The van der Waals surface area contributed by atoms with Crippen LogP contribution in [-0.2, 0) is 22.6 Å². The maximum Gasteiger partial charge on any atom is 0.333 e. The van der Waals surface area contributed by atoms with Gasteiger partial charge in [0.25, 0.3) is 5.91 Å². The topological polar surface area (TPSA) is 77.5 Å².